The van der Waals surface area contributed by atoms with E-state index in [0.717, 1.165) is 18.5 Å². The van der Waals surface area contributed by atoms with Crippen LogP contribution in [0, 0.1) is 0 Å². The van der Waals surface area contributed by atoms with Gasteiger partial charge in [0.15, 0.2) is 0 Å². The summed E-state index contributed by atoms with van der Waals surface area (Å²) in [5.41, 5.74) is 6.55. The third-order valence-electron chi connectivity index (χ3n) is 3.54. The van der Waals surface area contributed by atoms with Gasteiger partial charge in [0.05, 0.1) is 0 Å². The van der Waals surface area contributed by atoms with E-state index in [0.29, 0.717) is 18.0 Å². The maximum atomic E-state index is 12.7. The van der Waals surface area contributed by atoms with Gasteiger partial charge in [-0.1, -0.05) is 6.08 Å². The molecule has 0 aliphatic heterocycles. The molecule has 0 radical (unpaired) electrons. The number of aromatic nitrogens is 1. The molecule has 0 amide bonds. The van der Waals surface area contributed by atoms with E-state index < -0.39 is 10.0 Å². The van der Waals surface area contributed by atoms with Crippen molar-refractivity contribution in [1.29, 1.82) is 0 Å². The van der Waals surface area contributed by atoms with Crippen molar-refractivity contribution in [1.82, 2.24) is 8.87 Å². The summed E-state index contributed by atoms with van der Waals surface area (Å²) in [6, 6.07) is 2.00. The number of hydrogen-bond acceptors (Lipinski definition) is 3. The Kier molecular flexibility index (Phi) is 4.36. The average molecular weight is 297 g/mol. The van der Waals surface area contributed by atoms with Crippen molar-refractivity contribution in [2.75, 3.05) is 6.54 Å². The summed E-state index contributed by atoms with van der Waals surface area (Å²) >= 11 is 0. The van der Waals surface area contributed by atoms with Gasteiger partial charge in [-0.2, -0.15) is 4.31 Å². The van der Waals surface area contributed by atoms with Crippen LogP contribution in [0.2, 0.25) is 0 Å². The third kappa shape index (κ3) is 2.82. The largest absolute Gasteiger partial charge is 0.346 e. The molecule has 1 aromatic rings. The molecule has 1 saturated carbocycles. The number of rotatable bonds is 7. The topological polar surface area (TPSA) is 68.3 Å². The molecule has 0 unspecified atom stereocenters. The molecule has 112 valence electrons. The summed E-state index contributed by atoms with van der Waals surface area (Å²) in [5, 5.41) is 0. The molecule has 0 aromatic carbocycles. The van der Waals surface area contributed by atoms with Gasteiger partial charge in [0.2, 0.25) is 10.0 Å². The van der Waals surface area contributed by atoms with Gasteiger partial charge < -0.3 is 10.3 Å². The molecular formula is C14H23N3O2S. The lowest BCUT2D eigenvalue weighted by Crippen LogP contribution is -2.33. The third-order valence-corrected chi connectivity index (χ3v) is 5.43. The van der Waals surface area contributed by atoms with E-state index in [1.807, 2.05) is 18.4 Å². The van der Waals surface area contributed by atoms with Crippen LogP contribution in [-0.4, -0.2) is 29.9 Å². The van der Waals surface area contributed by atoms with Crippen molar-refractivity contribution in [2.24, 2.45) is 5.73 Å². The van der Waals surface area contributed by atoms with Gasteiger partial charge in [-0.15, -0.1) is 6.58 Å². The van der Waals surface area contributed by atoms with Crippen LogP contribution in [0.5, 0.6) is 0 Å². The number of nitrogens with two attached hydrogens (primary N) is 1. The van der Waals surface area contributed by atoms with E-state index >= 15 is 0 Å². The van der Waals surface area contributed by atoms with E-state index in [1.165, 1.54) is 0 Å². The maximum absolute atomic E-state index is 12.7. The Labute approximate surface area is 121 Å². The standard InChI is InChI=1S/C14H23N3O2S/c1-4-7-17(12-5-6-12)20(18,19)14-8-13(9-15)16(10-14)11(2)3/h4,8,10-12H,1,5-7,9,15H2,2-3H3. The van der Waals surface area contributed by atoms with E-state index in [4.69, 9.17) is 5.73 Å². The Hall–Kier alpha value is -1.11. The predicted octanol–water partition coefficient (Wildman–Crippen LogP) is 1.87. The fraction of sp³-hybridized carbons (Fsp3) is 0.571. The molecule has 5 nitrogen and oxygen atoms in total. The van der Waals surface area contributed by atoms with Crippen molar-refractivity contribution < 1.29 is 8.42 Å². The Morgan fingerprint density at radius 1 is 1.55 bits per heavy atom. The van der Waals surface area contributed by atoms with Gasteiger partial charge in [-0.05, 0) is 32.8 Å². The molecule has 20 heavy (non-hydrogen) atoms. The summed E-state index contributed by atoms with van der Waals surface area (Å²) in [6.45, 7) is 8.37. The Bertz CT molecular complexity index is 586. The fourth-order valence-corrected chi connectivity index (χ4v) is 4.06. The minimum atomic E-state index is -3.46. The van der Waals surface area contributed by atoms with Crippen molar-refractivity contribution in [3.8, 4) is 0 Å². The van der Waals surface area contributed by atoms with Crippen LogP contribution in [0.15, 0.2) is 29.8 Å². The highest BCUT2D eigenvalue weighted by Gasteiger charge is 2.37. The first-order chi connectivity index (χ1) is 9.41. The summed E-state index contributed by atoms with van der Waals surface area (Å²) < 4.78 is 28.9. The molecule has 1 heterocycles. The lowest BCUT2D eigenvalue weighted by atomic mass is 10.3. The monoisotopic (exact) mass is 297 g/mol. The Morgan fingerprint density at radius 2 is 2.20 bits per heavy atom. The number of sulfonamides is 1. The Balaban J connectivity index is 2.40. The second-order valence-electron chi connectivity index (χ2n) is 5.47. The molecule has 0 atom stereocenters. The van der Waals surface area contributed by atoms with Gasteiger partial charge in [0, 0.05) is 37.1 Å². The summed E-state index contributed by atoms with van der Waals surface area (Å²) in [6.07, 6.45) is 5.20. The molecule has 1 aromatic heterocycles. The molecule has 2 rings (SSSR count). The number of hydrogen-bond donors (Lipinski definition) is 1. The van der Waals surface area contributed by atoms with Crippen molar-refractivity contribution in [3.05, 3.63) is 30.6 Å². The molecule has 0 saturated heterocycles. The summed E-state index contributed by atoms with van der Waals surface area (Å²) in [7, 11) is -3.46. The highest BCUT2D eigenvalue weighted by atomic mass is 32.2. The quantitative estimate of drug-likeness (QED) is 0.781. The summed E-state index contributed by atoms with van der Waals surface area (Å²) in [5.74, 6) is 0. The molecule has 0 bridgehead atoms. The lowest BCUT2D eigenvalue weighted by Gasteiger charge is -2.19. The number of nitrogens with zero attached hydrogens (tertiary/aromatic N) is 2. The zero-order valence-electron chi connectivity index (χ0n) is 12.1. The van der Waals surface area contributed by atoms with Crippen LogP contribution in [0.3, 0.4) is 0 Å². The lowest BCUT2D eigenvalue weighted by molar-refractivity contribution is 0.435. The van der Waals surface area contributed by atoms with Crippen LogP contribution < -0.4 is 5.73 Å². The fourth-order valence-electron chi connectivity index (χ4n) is 2.35. The van der Waals surface area contributed by atoms with Gasteiger partial charge in [-0.25, -0.2) is 8.42 Å². The first-order valence-electron chi connectivity index (χ1n) is 6.95. The van der Waals surface area contributed by atoms with Crippen molar-refractivity contribution in [3.63, 3.8) is 0 Å². The summed E-state index contributed by atoms with van der Waals surface area (Å²) in [4.78, 5) is 0.334. The van der Waals surface area contributed by atoms with Crippen LogP contribution >= 0.6 is 0 Å². The minimum absolute atomic E-state index is 0.127. The molecule has 1 fully saturated rings. The first-order valence-corrected chi connectivity index (χ1v) is 8.39. The van der Waals surface area contributed by atoms with Crippen molar-refractivity contribution >= 4 is 10.0 Å². The van der Waals surface area contributed by atoms with E-state index in [2.05, 4.69) is 6.58 Å². The maximum Gasteiger partial charge on any atom is 0.245 e. The van der Waals surface area contributed by atoms with Gasteiger partial charge in [0.1, 0.15) is 4.90 Å². The van der Waals surface area contributed by atoms with Crippen molar-refractivity contribution in [2.45, 2.75) is 50.2 Å². The average Bonchev–Trinajstić information content (AvgIpc) is 3.11. The SMILES string of the molecule is C=CCN(C1CC1)S(=O)(=O)c1cc(CN)n(C(C)C)c1. The zero-order chi connectivity index (χ0) is 14.9. The normalized spacial score (nSPS) is 16.1. The van der Waals surface area contributed by atoms with Gasteiger partial charge in [-0.3, -0.25) is 0 Å². The molecule has 1 aliphatic carbocycles. The van der Waals surface area contributed by atoms with Gasteiger partial charge in [0.25, 0.3) is 0 Å². The van der Waals surface area contributed by atoms with Crippen LogP contribution in [0.4, 0.5) is 0 Å². The van der Waals surface area contributed by atoms with Crippen LogP contribution in [0.25, 0.3) is 0 Å². The second-order valence-corrected chi connectivity index (χ2v) is 7.36. The second kappa shape index (κ2) is 5.71. The van der Waals surface area contributed by atoms with E-state index in [1.54, 1.807) is 22.6 Å². The minimum Gasteiger partial charge on any atom is -0.346 e. The molecule has 2 N–H and O–H groups in total. The highest BCUT2D eigenvalue weighted by Crippen LogP contribution is 2.32. The molecular weight excluding hydrogens is 274 g/mol. The van der Waals surface area contributed by atoms with E-state index in [9.17, 15) is 8.42 Å². The zero-order valence-corrected chi connectivity index (χ0v) is 12.9. The smallest absolute Gasteiger partial charge is 0.245 e. The Morgan fingerprint density at radius 3 is 2.60 bits per heavy atom. The van der Waals surface area contributed by atoms with Gasteiger partial charge >= 0.3 is 0 Å². The van der Waals surface area contributed by atoms with E-state index in [-0.39, 0.29) is 12.1 Å². The highest BCUT2D eigenvalue weighted by molar-refractivity contribution is 7.89. The first kappa shape index (κ1) is 15.3. The predicted molar refractivity (Wildman–Crippen MR) is 79.8 cm³/mol. The molecule has 6 heteroatoms. The molecule has 1 aliphatic rings. The van der Waals surface area contributed by atoms with Crippen LogP contribution in [-0.2, 0) is 16.6 Å². The molecule has 0 spiro atoms. The van der Waals surface area contributed by atoms with Crippen LogP contribution in [0.1, 0.15) is 38.4 Å².